The number of hydrogen-bond donors (Lipinski definition) is 3. The molecule has 2 aromatic rings. The lowest BCUT2D eigenvalue weighted by atomic mass is 9.95. The Balaban J connectivity index is 2.30. The van der Waals surface area contributed by atoms with Gasteiger partial charge >= 0.3 is 7.60 Å². The van der Waals surface area contributed by atoms with Crippen LogP contribution in [0.5, 0.6) is 0 Å². The second-order valence-electron chi connectivity index (χ2n) is 6.83. The Morgan fingerprint density at radius 2 is 1.77 bits per heavy atom. The van der Waals surface area contributed by atoms with E-state index in [1.165, 1.54) is 4.80 Å². The Bertz CT molecular complexity index is 828. The molecule has 0 saturated heterocycles. The van der Waals surface area contributed by atoms with E-state index < -0.39 is 30.9 Å². The van der Waals surface area contributed by atoms with Crippen molar-refractivity contribution in [2.75, 3.05) is 5.73 Å². The molecule has 4 N–H and O–H groups in total. The van der Waals surface area contributed by atoms with Gasteiger partial charge < -0.3 is 20.3 Å². The molecule has 0 unspecified atom stereocenters. The summed E-state index contributed by atoms with van der Waals surface area (Å²) >= 11 is 5.98. The van der Waals surface area contributed by atoms with Crippen LogP contribution in [0.1, 0.15) is 34.6 Å². The number of ether oxygens (including phenoxy) is 1. The summed E-state index contributed by atoms with van der Waals surface area (Å²) in [5.74, 6) is -0.829. The topological polar surface area (TPSA) is 149 Å². The van der Waals surface area contributed by atoms with Crippen molar-refractivity contribution in [2.24, 2.45) is 11.8 Å². The van der Waals surface area contributed by atoms with Crippen molar-refractivity contribution in [1.29, 1.82) is 0 Å². The Morgan fingerprint density at radius 3 is 2.27 bits per heavy atom. The minimum Gasteiger partial charge on any atom is -0.368 e. The molecular formula is C14H24ClN6O4P. The zero-order valence-electron chi connectivity index (χ0n) is 15.3. The maximum absolute atomic E-state index is 12.2. The minimum atomic E-state index is -4.55. The second-order valence-corrected chi connectivity index (χ2v) is 8.98. The summed E-state index contributed by atoms with van der Waals surface area (Å²) in [7, 11) is -4.55. The number of hydrogen-bond acceptors (Lipinski definition) is 7. The monoisotopic (exact) mass is 406 g/mol. The average molecular weight is 407 g/mol. The van der Waals surface area contributed by atoms with Gasteiger partial charge in [0, 0.05) is 0 Å². The molecule has 12 heteroatoms. The quantitative estimate of drug-likeness (QED) is 0.463. The molecule has 2 heterocycles. The normalized spacial score (nSPS) is 14.5. The number of rotatable bonds is 7. The molecule has 0 radical (unpaired) electrons. The third-order valence-electron chi connectivity index (χ3n) is 4.19. The highest BCUT2D eigenvalue weighted by Gasteiger charge is 2.54. The maximum Gasteiger partial charge on any atom is 0.357 e. The van der Waals surface area contributed by atoms with Crippen LogP contribution in [0.4, 0.5) is 5.95 Å². The van der Waals surface area contributed by atoms with E-state index in [1.54, 1.807) is 34.6 Å². The van der Waals surface area contributed by atoms with Crippen molar-refractivity contribution < 1.29 is 19.1 Å². The highest BCUT2D eigenvalue weighted by Crippen LogP contribution is 2.59. The predicted molar refractivity (Wildman–Crippen MR) is 97.5 cm³/mol. The molecule has 0 amide bonds. The van der Waals surface area contributed by atoms with Crippen molar-refractivity contribution in [3.05, 3.63) is 5.15 Å². The van der Waals surface area contributed by atoms with Crippen molar-refractivity contribution in [3.63, 3.8) is 0 Å². The van der Waals surface area contributed by atoms with Gasteiger partial charge in [-0.1, -0.05) is 39.3 Å². The van der Waals surface area contributed by atoms with Gasteiger partial charge in [0.15, 0.2) is 16.0 Å². The van der Waals surface area contributed by atoms with Gasteiger partial charge in [-0.05, 0) is 18.8 Å². The summed E-state index contributed by atoms with van der Waals surface area (Å²) in [4.78, 5) is 29.0. The van der Waals surface area contributed by atoms with E-state index in [9.17, 15) is 14.4 Å². The van der Waals surface area contributed by atoms with Crippen LogP contribution in [-0.4, -0.2) is 46.2 Å². The summed E-state index contributed by atoms with van der Waals surface area (Å²) in [6, 6.07) is 0. The summed E-state index contributed by atoms with van der Waals surface area (Å²) in [6.07, 6.45) is -0.585. The Labute approximate surface area is 156 Å². The standard InChI is InChI=1S/C14H24ClN6O4P/c1-7(2)14(8(3)4,26(22,23)24)25-9(5)6-21-19-10-11(15)17-13(16)18-12(10)20-21/h7-9H,6H2,1-5H3,(H2,16,18,20)(H2,22,23,24)/t9-/m1/s1. The number of halogens is 1. The summed E-state index contributed by atoms with van der Waals surface area (Å²) in [5.41, 5.74) is 6.07. The van der Waals surface area contributed by atoms with Crippen molar-refractivity contribution in [3.8, 4) is 0 Å². The molecule has 0 aromatic carbocycles. The van der Waals surface area contributed by atoms with Crippen LogP contribution in [0.15, 0.2) is 0 Å². The van der Waals surface area contributed by atoms with Crippen LogP contribution in [0.2, 0.25) is 5.15 Å². The molecule has 0 aliphatic carbocycles. The van der Waals surface area contributed by atoms with Crippen LogP contribution in [-0.2, 0) is 15.8 Å². The van der Waals surface area contributed by atoms with E-state index >= 15 is 0 Å². The summed E-state index contributed by atoms with van der Waals surface area (Å²) in [5, 5.41) is 6.84. The number of nitrogen functional groups attached to an aromatic ring is 1. The largest absolute Gasteiger partial charge is 0.368 e. The van der Waals surface area contributed by atoms with E-state index in [4.69, 9.17) is 22.1 Å². The third kappa shape index (κ3) is 3.84. The van der Waals surface area contributed by atoms with Gasteiger partial charge in [0.05, 0.1) is 12.6 Å². The van der Waals surface area contributed by atoms with Gasteiger partial charge in [0.25, 0.3) is 0 Å². The Hall–Kier alpha value is -1.32. The molecule has 2 rings (SSSR count). The number of nitrogens with two attached hydrogens (primary N) is 1. The van der Waals surface area contributed by atoms with Crippen LogP contribution in [0.25, 0.3) is 11.2 Å². The van der Waals surface area contributed by atoms with E-state index in [2.05, 4.69) is 20.2 Å². The van der Waals surface area contributed by atoms with Gasteiger partial charge in [-0.15, -0.1) is 10.2 Å². The first-order valence-corrected chi connectivity index (χ1v) is 10.1. The minimum absolute atomic E-state index is 0.0148. The first-order chi connectivity index (χ1) is 11.9. The van der Waals surface area contributed by atoms with Crippen LogP contribution in [0.3, 0.4) is 0 Å². The third-order valence-corrected chi connectivity index (χ3v) is 6.50. The average Bonchev–Trinajstić information content (AvgIpc) is 2.85. The van der Waals surface area contributed by atoms with E-state index in [1.807, 2.05) is 0 Å². The van der Waals surface area contributed by atoms with Crippen molar-refractivity contribution in [1.82, 2.24) is 25.0 Å². The molecule has 26 heavy (non-hydrogen) atoms. The fourth-order valence-corrected chi connectivity index (χ4v) is 5.06. The number of anilines is 1. The highest BCUT2D eigenvalue weighted by atomic mass is 35.5. The van der Waals surface area contributed by atoms with Gasteiger partial charge in [0.2, 0.25) is 11.6 Å². The van der Waals surface area contributed by atoms with Crippen LogP contribution in [0, 0.1) is 11.8 Å². The predicted octanol–water partition coefficient (Wildman–Crippen LogP) is 2.05. The molecule has 0 fully saturated rings. The number of aromatic nitrogens is 5. The lowest BCUT2D eigenvalue weighted by Gasteiger charge is -2.42. The molecule has 146 valence electrons. The van der Waals surface area contributed by atoms with Gasteiger partial charge in [-0.2, -0.15) is 14.8 Å². The highest BCUT2D eigenvalue weighted by molar-refractivity contribution is 7.53. The molecule has 2 aromatic heterocycles. The number of nitrogens with zero attached hydrogens (tertiary/aromatic N) is 5. The van der Waals surface area contributed by atoms with E-state index in [0.29, 0.717) is 5.52 Å². The summed E-state index contributed by atoms with van der Waals surface area (Å²) in [6.45, 7) is 8.75. The first kappa shape index (κ1) is 21.0. The molecule has 0 aliphatic heterocycles. The smallest absolute Gasteiger partial charge is 0.357 e. The number of fused-ring (bicyclic) bond motifs is 1. The summed E-state index contributed by atoms with van der Waals surface area (Å²) < 4.78 is 18.2. The Morgan fingerprint density at radius 1 is 1.19 bits per heavy atom. The maximum atomic E-state index is 12.2. The zero-order valence-corrected chi connectivity index (χ0v) is 16.9. The van der Waals surface area contributed by atoms with Gasteiger partial charge in [-0.25, -0.2) is 0 Å². The molecule has 0 bridgehead atoms. The molecular weight excluding hydrogens is 383 g/mol. The molecule has 0 spiro atoms. The fraction of sp³-hybridized carbons (Fsp3) is 0.714. The Kier molecular flexibility index (Phi) is 5.94. The van der Waals surface area contributed by atoms with Gasteiger partial charge in [0.1, 0.15) is 0 Å². The van der Waals surface area contributed by atoms with Crippen molar-refractivity contribution in [2.45, 2.75) is 52.6 Å². The van der Waals surface area contributed by atoms with Crippen molar-refractivity contribution >= 4 is 36.3 Å². The first-order valence-electron chi connectivity index (χ1n) is 8.15. The van der Waals surface area contributed by atoms with E-state index in [0.717, 1.165) is 0 Å². The molecule has 0 aliphatic rings. The van der Waals surface area contributed by atoms with Crippen LogP contribution < -0.4 is 5.73 Å². The van der Waals surface area contributed by atoms with Crippen LogP contribution >= 0.6 is 19.2 Å². The lowest BCUT2D eigenvalue weighted by Crippen LogP contribution is -2.46. The second kappa shape index (κ2) is 7.36. The lowest BCUT2D eigenvalue weighted by molar-refractivity contribution is -0.105. The fourth-order valence-electron chi connectivity index (χ4n) is 3.19. The van der Waals surface area contributed by atoms with Gasteiger partial charge in [-0.3, -0.25) is 4.57 Å². The molecule has 10 nitrogen and oxygen atoms in total. The molecule has 1 atom stereocenters. The zero-order chi connectivity index (χ0) is 19.9. The molecule has 0 saturated carbocycles. The SMILES string of the molecule is CC(C)C(O[C@H](C)Cn1nc2nc(N)nc(Cl)c2n1)(C(C)C)P(=O)(O)O. The van der Waals surface area contributed by atoms with E-state index in [-0.39, 0.29) is 23.3 Å².